The largest absolute Gasteiger partial charge is 0.379 e. The summed E-state index contributed by atoms with van der Waals surface area (Å²) in [7, 11) is 0. The van der Waals surface area contributed by atoms with Gasteiger partial charge in [0.25, 0.3) is 0 Å². The number of benzene rings is 1. The fourth-order valence-electron chi connectivity index (χ4n) is 3.48. The second kappa shape index (κ2) is 7.88. The Morgan fingerprint density at radius 1 is 1.33 bits per heavy atom. The number of nitrogens with zero attached hydrogens (tertiary/aromatic N) is 2. The smallest absolute Gasteiger partial charge is 0.226 e. The topological polar surface area (TPSA) is 75.6 Å². The highest BCUT2D eigenvalue weighted by Gasteiger charge is 2.23. The van der Waals surface area contributed by atoms with Crippen molar-refractivity contribution in [3.05, 3.63) is 65.0 Å². The van der Waals surface area contributed by atoms with Gasteiger partial charge in [-0.05, 0) is 30.5 Å². The van der Waals surface area contributed by atoms with Crippen molar-refractivity contribution in [2.75, 3.05) is 13.2 Å². The Morgan fingerprint density at radius 3 is 2.96 bits per heavy atom. The molecule has 2 aliphatic rings. The molecule has 0 bridgehead atoms. The minimum atomic E-state index is -0.0285. The molecular formula is C21H24N4O2. The lowest BCUT2D eigenvalue weighted by molar-refractivity contribution is -0.121. The summed E-state index contributed by atoms with van der Waals surface area (Å²) < 4.78 is 5.40. The van der Waals surface area contributed by atoms with E-state index >= 15 is 0 Å². The van der Waals surface area contributed by atoms with E-state index in [1.807, 2.05) is 49.5 Å². The number of aromatic nitrogens is 1. The summed E-state index contributed by atoms with van der Waals surface area (Å²) in [6.07, 6.45) is 3.09. The number of hydrogen-bond donors (Lipinski definition) is 2. The van der Waals surface area contributed by atoms with Gasteiger partial charge in [0.2, 0.25) is 5.91 Å². The van der Waals surface area contributed by atoms with E-state index < -0.39 is 0 Å². The number of amides is 1. The summed E-state index contributed by atoms with van der Waals surface area (Å²) in [5, 5.41) is 6.48. The van der Waals surface area contributed by atoms with E-state index in [2.05, 4.69) is 20.6 Å². The van der Waals surface area contributed by atoms with Gasteiger partial charge in [0.1, 0.15) is 5.84 Å². The quantitative estimate of drug-likeness (QED) is 0.852. The third-order valence-corrected chi connectivity index (χ3v) is 5.00. The number of ether oxygens (including phenoxy) is 1. The molecule has 2 aromatic rings. The monoisotopic (exact) mass is 364 g/mol. The van der Waals surface area contributed by atoms with Gasteiger partial charge in [-0.25, -0.2) is 0 Å². The van der Waals surface area contributed by atoms with E-state index in [0.29, 0.717) is 12.6 Å². The SMILES string of the molecule is C[C@@H](NC(=O)Cc1cc2c(cn1)C(N[C@H]1CCOC1)=NC2)c1ccccc1. The summed E-state index contributed by atoms with van der Waals surface area (Å²) in [5.41, 5.74) is 4.01. The standard InChI is InChI=1S/C21H24N4O2/c1-14(15-5-3-2-4-6-15)24-20(26)10-18-9-16-11-23-21(19(16)12-22-18)25-17-7-8-27-13-17/h2-6,9,12,14,17H,7-8,10-11,13H2,1H3,(H,23,25)(H,24,26)/t14-,17+/m1/s1. The molecule has 6 nitrogen and oxygen atoms in total. The van der Waals surface area contributed by atoms with Crippen LogP contribution in [0.2, 0.25) is 0 Å². The molecule has 1 aromatic carbocycles. The summed E-state index contributed by atoms with van der Waals surface area (Å²) >= 11 is 0. The molecular weight excluding hydrogens is 340 g/mol. The molecule has 0 saturated carbocycles. The van der Waals surface area contributed by atoms with Gasteiger partial charge in [-0.15, -0.1) is 0 Å². The molecule has 6 heteroatoms. The van der Waals surface area contributed by atoms with Crippen LogP contribution in [0.3, 0.4) is 0 Å². The number of rotatable bonds is 5. The van der Waals surface area contributed by atoms with Gasteiger partial charge in [-0.3, -0.25) is 14.8 Å². The summed E-state index contributed by atoms with van der Waals surface area (Å²) in [4.78, 5) is 21.5. The van der Waals surface area contributed by atoms with Crippen LogP contribution in [0.25, 0.3) is 0 Å². The summed E-state index contributed by atoms with van der Waals surface area (Å²) in [5.74, 6) is 0.862. The number of nitrogens with one attached hydrogen (secondary N) is 2. The number of pyridine rings is 1. The highest BCUT2D eigenvalue weighted by atomic mass is 16.5. The highest BCUT2D eigenvalue weighted by molar-refractivity contribution is 6.02. The second-order valence-corrected chi connectivity index (χ2v) is 7.08. The molecule has 3 heterocycles. The van der Waals surface area contributed by atoms with Crippen molar-refractivity contribution >= 4 is 11.7 Å². The van der Waals surface area contributed by atoms with Crippen molar-refractivity contribution < 1.29 is 9.53 Å². The van der Waals surface area contributed by atoms with Crippen LogP contribution in [0.4, 0.5) is 0 Å². The van der Waals surface area contributed by atoms with Crippen LogP contribution in [0.15, 0.2) is 47.6 Å². The molecule has 1 saturated heterocycles. The van der Waals surface area contributed by atoms with Crippen molar-refractivity contribution in [2.24, 2.45) is 4.99 Å². The first-order valence-electron chi connectivity index (χ1n) is 9.40. The lowest BCUT2D eigenvalue weighted by Gasteiger charge is -2.15. The maximum atomic E-state index is 12.4. The number of aliphatic imine (C=N–C) groups is 1. The number of fused-ring (bicyclic) bond motifs is 1. The van der Waals surface area contributed by atoms with Crippen molar-refractivity contribution in [1.82, 2.24) is 15.6 Å². The average Bonchev–Trinajstić information content (AvgIpc) is 3.33. The first kappa shape index (κ1) is 17.7. The molecule has 2 N–H and O–H groups in total. The molecule has 0 unspecified atom stereocenters. The van der Waals surface area contributed by atoms with Crippen LogP contribution in [-0.4, -0.2) is 36.0 Å². The van der Waals surface area contributed by atoms with Gasteiger partial charge in [0, 0.05) is 18.4 Å². The van der Waals surface area contributed by atoms with Crippen LogP contribution < -0.4 is 10.6 Å². The fraction of sp³-hybridized carbons (Fsp3) is 0.381. The highest BCUT2D eigenvalue weighted by Crippen LogP contribution is 2.19. The number of carbonyl (C=O) groups is 1. The predicted octanol–water partition coefficient (Wildman–Crippen LogP) is 2.14. The van der Waals surface area contributed by atoms with Crippen LogP contribution >= 0.6 is 0 Å². The molecule has 1 fully saturated rings. The zero-order valence-corrected chi connectivity index (χ0v) is 15.4. The van der Waals surface area contributed by atoms with E-state index in [-0.39, 0.29) is 18.4 Å². The van der Waals surface area contributed by atoms with Gasteiger partial charge >= 0.3 is 0 Å². The number of carbonyl (C=O) groups excluding carboxylic acids is 1. The number of hydrogen-bond acceptors (Lipinski definition) is 5. The Hall–Kier alpha value is -2.73. The summed E-state index contributed by atoms with van der Waals surface area (Å²) in [6.45, 7) is 4.13. The molecule has 140 valence electrons. The van der Waals surface area contributed by atoms with Crippen LogP contribution in [0.1, 0.15) is 41.8 Å². The second-order valence-electron chi connectivity index (χ2n) is 7.08. The average molecular weight is 364 g/mol. The summed E-state index contributed by atoms with van der Waals surface area (Å²) in [6, 6.07) is 12.2. The maximum Gasteiger partial charge on any atom is 0.226 e. The molecule has 0 aliphatic carbocycles. The normalized spacial score (nSPS) is 19.3. The first-order chi connectivity index (χ1) is 13.2. The van der Waals surface area contributed by atoms with Crippen molar-refractivity contribution in [3.63, 3.8) is 0 Å². The third-order valence-electron chi connectivity index (χ3n) is 5.00. The van der Waals surface area contributed by atoms with Gasteiger partial charge in [-0.1, -0.05) is 30.3 Å². The Bertz CT molecular complexity index is 845. The lowest BCUT2D eigenvalue weighted by Crippen LogP contribution is -2.35. The molecule has 1 aromatic heterocycles. The van der Waals surface area contributed by atoms with Crippen LogP contribution in [0.5, 0.6) is 0 Å². The van der Waals surface area contributed by atoms with Crippen molar-refractivity contribution in [3.8, 4) is 0 Å². The first-order valence-corrected chi connectivity index (χ1v) is 9.40. The zero-order valence-electron chi connectivity index (χ0n) is 15.4. The van der Waals surface area contributed by atoms with E-state index in [1.54, 1.807) is 0 Å². The third kappa shape index (κ3) is 4.17. The van der Waals surface area contributed by atoms with Crippen LogP contribution in [-0.2, 0) is 22.5 Å². The van der Waals surface area contributed by atoms with E-state index in [0.717, 1.165) is 47.9 Å². The Morgan fingerprint density at radius 2 is 2.19 bits per heavy atom. The van der Waals surface area contributed by atoms with Gasteiger partial charge < -0.3 is 15.4 Å². The van der Waals surface area contributed by atoms with E-state index in [4.69, 9.17) is 4.74 Å². The minimum Gasteiger partial charge on any atom is -0.379 e. The molecule has 1 amide bonds. The lowest BCUT2D eigenvalue weighted by atomic mass is 10.1. The van der Waals surface area contributed by atoms with Gasteiger partial charge in [-0.2, -0.15) is 0 Å². The fourth-order valence-corrected chi connectivity index (χ4v) is 3.48. The Kier molecular flexibility index (Phi) is 5.16. The van der Waals surface area contributed by atoms with E-state index in [9.17, 15) is 4.79 Å². The van der Waals surface area contributed by atoms with Crippen molar-refractivity contribution in [1.29, 1.82) is 0 Å². The molecule has 0 spiro atoms. The minimum absolute atomic E-state index is 0.0270. The van der Waals surface area contributed by atoms with Gasteiger partial charge in [0.05, 0.1) is 37.4 Å². The molecule has 27 heavy (non-hydrogen) atoms. The van der Waals surface area contributed by atoms with Gasteiger partial charge in [0.15, 0.2) is 0 Å². The molecule has 2 atom stereocenters. The molecule has 2 aliphatic heterocycles. The zero-order chi connectivity index (χ0) is 18.6. The molecule has 4 rings (SSSR count). The van der Waals surface area contributed by atoms with E-state index in [1.165, 1.54) is 0 Å². The Labute approximate surface area is 159 Å². The molecule has 0 radical (unpaired) electrons. The number of amidine groups is 1. The van der Waals surface area contributed by atoms with Crippen molar-refractivity contribution in [2.45, 2.75) is 38.4 Å². The van der Waals surface area contributed by atoms with Crippen LogP contribution in [0, 0.1) is 0 Å². The predicted molar refractivity (Wildman–Crippen MR) is 104 cm³/mol. The Balaban J connectivity index is 1.36. The maximum absolute atomic E-state index is 12.4.